The van der Waals surface area contributed by atoms with Crippen molar-refractivity contribution in [3.8, 4) is 5.75 Å². The zero-order valence-corrected chi connectivity index (χ0v) is 15.1. The van der Waals surface area contributed by atoms with Crippen molar-refractivity contribution in [1.82, 2.24) is 4.57 Å². The molecule has 0 aliphatic rings. The van der Waals surface area contributed by atoms with Crippen LogP contribution in [0.2, 0.25) is 0 Å². The summed E-state index contributed by atoms with van der Waals surface area (Å²) in [5, 5.41) is 0. The predicted molar refractivity (Wildman–Crippen MR) is 102 cm³/mol. The number of aromatic nitrogens is 1. The molecule has 0 atom stereocenters. The molecule has 0 spiro atoms. The number of allylic oxidation sites excluding steroid dienone is 1. The standard InChI is InChI=1S/C21H25NO2/c1-15(2)9-11-24-21-14-19(7-6-16(21)3)8-10-22-17(4)12-20(23)13-18(22)5/h6-10,12-14H,11H2,1-5H3/b10-8+. The zero-order valence-electron chi connectivity index (χ0n) is 15.1. The molecule has 3 nitrogen and oxygen atoms in total. The molecule has 3 heteroatoms. The third kappa shape index (κ3) is 4.72. The van der Waals surface area contributed by atoms with Crippen LogP contribution >= 0.6 is 0 Å². The molecule has 24 heavy (non-hydrogen) atoms. The zero-order chi connectivity index (χ0) is 17.7. The number of nitrogens with zero attached hydrogens (tertiary/aromatic N) is 1. The summed E-state index contributed by atoms with van der Waals surface area (Å²) in [5.41, 5.74) is 5.30. The van der Waals surface area contributed by atoms with Gasteiger partial charge in [-0.15, -0.1) is 0 Å². The highest BCUT2D eigenvalue weighted by Crippen LogP contribution is 2.21. The maximum Gasteiger partial charge on any atom is 0.182 e. The third-order valence-electron chi connectivity index (χ3n) is 3.82. The van der Waals surface area contributed by atoms with Crippen molar-refractivity contribution in [2.75, 3.05) is 6.61 Å². The van der Waals surface area contributed by atoms with E-state index < -0.39 is 0 Å². The monoisotopic (exact) mass is 323 g/mol. The van der Waals surface area contributed by atoms with E-state index >= 15 is 0 Å². The second-order valence-corrected chi connectivity index (χ2v) is 6.28. The minimum atomic E-state index is 0.0416. The summed E-state index contributed by atoms with van der Waals surface area (Å²) in [6.07, 6.45) is 6.07. The molecule has 126 valence electrons. The van der Waals surface area contributed by atoms with Gasteiger partial charge in [0, 0.05) is 29.7 Å². The summed E-state index contributed by atoms with van der Waals surface area (Å²) < 4.78 is 7.85. The summed E-state index contributed by atoms with van der Waals surface area (Å²) >= 11 is 0. The van der Waals surface area contributed by atoms with Gasteiger partial charge in [0.25, 0.3) is 0 Å². The molecule has 0 fully saturated rings. The molecule has 0 aliphatic carbocycles. The first kappa shape index (κ1) is 17.8. The smallest absolute Gasteiger partial charge is 0.182 e. The van der Waals surface area contributed by atoms with Gasteiger partial charge in [0.05, 0.1) is 0 Å². The second-order valence-electron chi connectivity index (χ2n) is 6.28. The van der Waals surface area contributed by atoms with Crippen LogP contribution in [0, 0.1) is 20.8 Å². The Kier molecular flexibility index (Phi) is 5.80. The van der Waals surface area contributed by atoms with Gasteiger partial charge in [-0.1, -0.05) is 17.7 Å². The Balaban J connectivity index is 2.24. The van der Waals surface area contributed by atoms with Crippen molar-refractivity contribution in [2.24, 2.45) is 0 Å². The number of pyridine rings is 1. The lowest BCUT2D eigenvalue weighted by atomic mass is 10.1. The van der Waals surface area contributed by atoms with Crippen LogP contribution in [0.15, 0.2) is 46.8 Å². The van der Waals surface area contributed by atoms with Crippen LogP contribution in [0.3, 0.4) is 0 Å². The first-order chi connectivity index (χ1) is 11.4. The first-order valence-electron chi connectivity index (χ1n) is 8.11. The fourth-order valence-electron chi connectivity index (χ4n) is 2.44. The van der Waals surface area contributed by atoms with E-state index in [1.165, 1.54) is 5.57 Å². The number of benzene rings is 1. The molecule has 0 amide bonds. The lowest BCUT2D eigenvalue weighted by molar-refractivity contribution is 0.359. The van der Waals surface area contributed by atoms with Crippen LogP contribution in [0.4, 0.5) is 0 Å². The van der Waals surface area contributed by atoms with Crippen LogP contribution in [-0.2, 0) is 0 Å². The SMILES string of the molecule is CC(C)=CCOc1cc(/C=C/n2c(C)cc(=O)cc2C)ccc1C. The van der Waals surface area contributed by atoms with Crippen molar-refractivity contribution in [3.05, 3.63) is 74.7 Å². The Hall–Kier alpha value is -2.55. The van der Waals surface area contributed by atoms with E-state index in [-0.39, 0.29) is 5.43 Å². The fraction of sp³-hybridized carbons (Fsp3) is 0.286. The molecule has 2 rings (SSSR count). The Labute approximate surface area is 143 Å². The average Bonchev–Trinajstić information content (AvgIpc) is 2.48. The fourth-order valence-corrected chi connectivity index (χ4v) is 2.44. The van der Waals surface area contributed by atoms with Gasteiger partial charge in [0.15, 0.2) is 5.43 Å². The van der Waals surface area contributed by atoms with Gasteiger partial charge in [-0.25, -0.2) is 0 Å². The highest BCUT2D eigenvalue weighted by atomic mass is 16.5. The second kappa shape index (κ2) is 7.82. The predicted octanol–water partition coefficient (Wildman–Crippen LogP) is 4.75. The number of ether oxygens (including phenoxy) is 1. The topological polar surface area (TPSA) is 31.2 Å². The molecule has 0 N–H and O–H groups in total. The molecule has 0 saturated heterocycles. The first-order valence-corrected chi connectivity index (χ1v) is 8.11. The Morgan fingerprint density at radius 1 is 1.08 bits per heavy atom. The molecule has 2 aromatic rings. The van der Waals surface area contributed by atoms with E-state index in [1.807, 2.05) is 43.7 Å². The van der Waals surface area contributed by atoms with Gasteiger partial charge >= 0.3 is 0 Å². The van der Waals surface area contributed by atoms with Crippen LogP contribution in [0.5, 0.6) is 5.75 Å². The van der Waals surface area contributed by atoms with Crippen LogP contribution in [0.1, 0.15) is 36.4 Å². The molecule has 1 aromatic carbocycles. The molecule has 1 heterocycles. The lowest BCUT2D eigenvalue weighted by Gasteiger charge is -2.10. The number of rotatable bonds is 5. The summed E-state index contributed by atoms with van der Waals surface area (Å²) in [6.45, 7) is 10.6. The highest BCUT2D eigenvalue weighted by Gasteiger charge is 2.01. The molecule has 0 aliphatic heterocycles. The highest BCUT2D eigenvalue weighted by molar-refractivity contribution is 5.63. The van der Waals surface area contributed by atoms with Crippen LogP contribution < -0.4 is 10.2 Å². The molecule has 0 saturated carbocycles. The Morgan fingerprint density at radius 2 is 1.75 bits per heavy atom. The maximum absolute atomic E-state index is 11.5. The maximum atomic E-state index is 11.5. The quantitative estimate of drug-likeness (QED) is 0.744. The van der Waals surface area contributed by atoms with Gasteiger partial charge in [-0.05, 0) is 64.0 Å². The van der Waals surface area contributed by atoms with E-state index in [2.05, 4.69) is 32.1 Å². The number of hydrogen-bond acceptors (Lipinski definition) is 2. The van der Waals surface area contributed by atoms with Crippen molar-refractivity contribution in [1.29, 1.82) is 0 Å². The third-order valence-corrected chi connectivity index (χ3v) is 3.82. The minimum absolute atomic E-state index is 0.0416. The Bertz CT molecular complexity index is 811. The number of hydrogen-bond donors (Lipinski definition) is 0. The van der Waals surface area contributed by atoms with E-state index in [0.717, 1.165) is 28.3 Å². The van der Waals surface area contributed by atoms with Crippen molar-refractivity contribution in [2.45, 2.75) is 34.6 Å². The van der Waals surface area contributed by atoms with Gasteiger partial charge in [-0.2, -0.15) is 0 Å². The summed E-state index contributed by atoms with van der Waals surface area (Å²) in [6, 6.07) is 9.44. The largest absolute Gasteiger partial charge is 0.489 e. The normalized spacial score (nSPS) is 10.9. The molecule has 0 radical (unpaired) electrons. The van der Waals surface area contributed by atoms with E-state index in [9.17, 15) is 4.79 Å². The van der Waals surface area contributed by atoms with E-state index in [4.69, 9.17) is 4.74 Å². The molecule has 0 unspecified atom stereocenters. The lowest BCUT2D eigenvalue weighted by Crippen LogP contribution is -2.08. The summed E-state index contributed by atoms with van der Waals surface area (Å²) in [4.78, 5) is 11.5. The van der Waals surface area contributed by atoms with Gasteiger partial charge in [0.2, 0.25) is 0 Å². The average molecular weight is 323 g/mol. The van der Waals surface area contributed by atoms with Crippen molar-refractivity contribution >= 4 is 12.3 Å². The van der Waals surface area contributed by atoms with Crippen molar-refractivity contribution < 1.29 is 4.74 Å². The number of aryl methyl sites for hydroxylation is 3. The van der Waals surface area contributed by atoms with Crippen LogP contribution in [-0.4, -0.2) is 11.2 Å². The molecular weight excluding hydrogens is 298 g/mol. The molecule has 1 aromatic heterocycles. The molecule has 0 bridgehead atoms. The van der Waals surface area contributed by atoms with Gasteiger partial charge in [-0.3, -0.25) is 4.79 Å². The summed E-state index contributed by atoms with van der Waals surface area (Å²) in [7, 11) is 0. The molecular formula is C21H25NO2. The van der Waals surface area contributed by atoms with Gasteiger partial charge < -0.3 is 9.30 Å². The van der Waals surface area contributed by atoms with Gasteiger partial charge in [0.1, 0.15) is 12.4 Å². The Morgan fingerprint density at radius 3 is 2.38 bits per heavy atom. The summed E-state index contributed by atoms with van der Waals surface area (Å²) in [5.74, 6) is 0.892. The van der Waals surface area contributed by atoms with Crippen LogP contribution in [0.25, 0.3) is 12.3 Å². The minimum Gasteiger partial charge on any atom is -0.489 e. The van der Waals surface area contributed by atoms with Crippen molar-refractivity contribution in [3.63, 3.8) is 0 Å². The van der Waals surface area contributed by atoms with E-state index in [0.29, 0.717) is 6.61 Å². The van der Waals surface area contributed by atoms with E-state index in [1.54, 1.807) is 12.1 Å².